The van der Waals surface area contributed by atoms with E-state index >= 15 is 0 Å². The molecule has 0 amide bonds. The SMILES string of the molecule is CCOC(=O)[C@]1(C/C=C/c2ccccc2)CCCN(Cc2cccnc2)C1. The van der Waals surface area contributed by atoms with Crippen LogP contribution in [0, 0.1) is 5.41 Å². The van der Waals surface area contributed by atoms with Gasteiger partial charge in [0.05, 0.1) is 12.0 Å². The molecular formula is C23H28N2O2. The quantitative estimate of drug-likeness (QED) is 0.686. The number of benzene rings is 1. The van der Waals surface area contributed by atoms with E-state index in [-0.39, 0.29) is 5.97 Å². The Labute approximate surface area is 161 Å². The molecule has 0 spiro atoms. The van der Waals surface area contributed by atoms with Gasteiger partial charge in [-0.3, -0.25) is 14.7 Å². The largest absolute Gasteiger partial charge is 0.466 e. The van der Waals surface area contributed by atoms with Gasteiger partial charge in [0.25, 0.3) is 0 Å². The molecule has 1 aromatic heterocycles. The van der Waals surface area contributed by atoms with Gasteiger partial charge in [-0.05, 0) is 49.9 Å². The third kappa shape index (κ3) is 5.27. The van der Waals surface area contributed by atoms with E-state index in [1.54, 1.807) is 6.20 Å². The number of piperidine rings is 1. The van der Waals surface area contributed by atoms with Crippen molar-refractivity contribution in [3.63, 3.8) is 0 Å². The van der Waals surface area contributed by atoms with Gasteiger partial charge in [0.1, 0.15) is 0 Å². The van der Waals surface area contributed by atoms with E-state index in [1.807, 2.05) is 37.4 Å². The van der Waals surface area contributed by atoms with Crippen LogP contribution in [0.25, 0.3) is 6.08 Å². The summed E-state index contributed by atoms with van der Waals surface area (Å²) in [6.45, 7) is 4.84. The molecule has 1 aliphatic heterocycles. The van der Waals surface area contributed by atoms with Crippen LogP contribution in [0.2, 0.25) is 0 Å². The van der Waals surface area contributed by atoms with E-state index in [0.29, 0.717) is 13.0 Å². The van der Waals surface area contributed by atoms with Crippen molar-refractivity contribution in [2.75, 3.05) is 19.7 Å². The fourth-order valence-corrected chi connectivity index (χ4v) is 3.80. The van der Waals surface area contributed by atoms with Gasteiger partial charge in [0, 0.05) is 25.5 Å². The van der Waals surface area contributed by atoms with Gasteiger partial charge in [-0.15, -0.1) is 0 Å². The molecular weight excluding hydrogens is 336 g/mol. The molecule has 0 bridgehead atoms. The maximum absolute atomic E-state index is 12.9. The minimum Gasteiger partial charge on any atom is -0.466 e. The maximum atomic E-state index is 12.9. The topological polar surface area (TPSA) is 42.4 Å². The summed E-state index contributed by atoms with van der Waals surface area (Å²) in [5, 5.41) is 0. The van der Waals surface area contributed by atoms with Gasteiger partial charge in [-0.25, -0.2) is 0 Å². The van der Waals surface area contributed by atoms with Crippen LogP contribution < -0.4 is 0 Å². The van der Waals surface area contributed by atoms with Crippen LogP contribution in [0.5, 0.6) is 0 Å². The zero-order valence-electron chi connectivity index (χ0n) is 16.0. The van der Waals surface area contributed by atoms with Crippen molar-refractivity contribution in [3.05, 3.63) is 72.1 Å². The molecule has 0 unspecified atom stereocenters. The number of hydrogen-bond donors (Lipinski definition) is 0. The molecule has 4 nitrogen and oxygen atoms in total. The Bertz CT molecular complexity index is 745. The first-order valence-electron chi connectivity index (χ1n) is 9.72. The highest BCUT2D eigenvalue weighted by molar-refractivity contribution is 5.77. The van der Waals surface area contributed by atoms with E-state index < -0.39 is 5.41 Å². The molecule has 1 fully saturated rings. The third-order valence-electron chi connectivity index (χ3n) is 5.11. The number of pyridine rings is 1. The molecule has 4 heteroatoms. The minimum atomic E-state index is -0.470. The van der Waals surface area contributed by atoms with Crippen LogP contribution in [0.15, 0.2) is 60.9 Å². The van der Waals surface area contributed by atoms with E-state index in [0.717, 1.165) is 38.0 Å². The van der Waals surface area contributed by atoms with E-state index in [9.17, 15) is 4.79 Å². The highest BCUT2D eigenvalue weighted by Gasteiger charge is 2.42. The molecule has 2 heterocycles. The lowest BCUT2D eigenvalue weighted by Crippen LogP contribution is -2.48. The molecule has 0 radical (unpaired) electrons. The van der Waals surface area contributed by atoms with Crippen molar-refractivity contribution in [2.45, 2.75) is 32.7 Å². The zero-order chi connectivity index (χ0) is 19.0. The average Bonchev–Trinajstić information content (AvgIpc) is 2.70. The van der Waals surface area contributed by atoms with Crippen LogP contribution in [0.4, 0.5) is 0 Å². The monoisotopic (exact) mass is 364 g/mol. The molecule has 142 valence electrons. The number of likely N-dealkylation sites (tertiary alicyclic amines) is 1. The van der Waals surface area contributed by atoms with Crippen molar-refractivity contribution in [3.8, 4) is 0 Å². The lowest BCUT2D eigenvalue weighted by Gasteiger charge is -2.40. The summed E-state index contributed by atoms with van der Waals surface area (Å²) < 4.78 is 5.47. The molecule has 0 N–H and O–H groups in total. The molecule has 1 aromatic carbocycles. The molecule has 0 saturated carbocycles. The second-order valence-corrected chi connectivity index (χ2v) is 7.19. The normalized spacial score (nSPS) is 20.6. The van der Waals surface area contributed by atoms with Crippen LogP contribution in [-0.2, 0) is 16.1 Å². The third-order valence-corrected chi connectivity index (χ3v) is 5.11. The Morgan fingerprint density at radius 1 is 1.26 bits per heavy atom. The highest BCUT2D eigenvalue weighted by Crippen LogP contribution is 2.36. The fourth-order valence-electron chi connectivity index (χ4n) is 3.80. The van der Waals surface area contributed by atoms with E-state index in [1.165, 1.54) is 5.56 Å². The predicted molar refractivity (Wildman–Crippen MR) is 108 cm³/mol. The first kappa shape index (κ1) is 19.3. The van der Waals surface area contributed by atoms with Crippen molar-refractivity contribution in [1.82, 2.24) is 9.88 Å². The van der Waals surface area contributed by atoms with E-state index in [2.05, 4.69) is 40.2 Å². The Hall–Kier alpha value is -2.46. The summed E-state index contributed by atoms with van der Waals surface area (Å²) in [4.78, 5) is 19.4. The summed E-state index contributed by atoms with van der Waals surface area (Å²) in [6, 6.07) is 14.2. The van der Waals surface area contributed by atoms with Crippen molar-refractivity contribution in [2.24, 2.45) is 5.41 Å². The minimum absolute atomic E-state index is 0.0707. The number of carbonyl (C=O) groups is 1. The zero-order valence-corrected chi connectivity index (χ0v) is 16.0. The number of aromatic nitrogens is 1. The molecule has 3 rings (SSSR count). The van der Waals surface area contributed by atoms with Crippen molar-refractivity contribution < 1.29 is 9.53 Å². The highest BCUT2D eigenvalue weighted by atomic mass is 16.5. The van der Waals surface area contributed by atoms with E-state index in [4.69, 9.17) is 4.74 Å². The van der Waals surface area contributed by atoms with Crippen molar-refractivity contribution in [1.29, 1.82) is 0 Å². The predicted octanol–water partition coefficient (Wildman–Crippen LogP) is 4.33. The Balaban J connectivity index is 1.73. The average molecular weight is 364 g/mol. The molecule has 0 aliphatic carbocycles. The lowest BCUT2D eigenvalue weighted by atomic mass is 9.76. The first-order chi connectivity index (χ1) is 13.2. The summed E-state index contributed by atoms with van der Waals surface area (Å²) >= 11 is 0. The first-order valence-corrected chi connectivity index (χ1v) is 9.72. The summed E-state index contributed by atoms with van der Waals surface area (Å²) in [6.07, 6.45) is 10.5. The number of carbonyl (C=O) groups excluding carboxylic acids is 1. The molecule has 2 aromatic rings. The molecule has 1 saturated heterocycles. The summed E-state index contributed by atoms with van der Waals surface area (Å²) in [5.41, 5.74) is 1.86. The summed E-state index contributed by atoms with van der Waals surface area (Å²) in [7, 11) is 0. The fraction of sp³-hybridized carbons (Fsp3) is 0.391. The van der Waals surface area contributed by atoms with Gasteiger partial charge >= 0.3 is 5.97 Å². The number of rotatable bonds is 7. The summed E-state index contributed by atoms with van der Waals surface area (Å²) in [5.74, 6) is -0.0707. The number of hydrogen-bond acceptors (Lipinski definition) is 4. The number of nitrogens with zero attached hydrogens (tertiary/aromatic N) is 2. The number of esters is 1. The molecule has 27 heavy (non-hydrogen) atoms. The van der Waals surface area contributed by atoms with Gasteiger partial charge < -0.3 is 4.74 Å². The number of allylic oxidation sites excluding steroid dienone is 1. The second-order valence-electron chi connectivity index (χ2n) is 7.19. The smallest absolute Gasteiger partial charge is 0.313 e. The van der Waals surface area contributed by atoms with Gasteiger partial charge in [0.15, 0.2) is 0 Å². The number of ether oxygens (including phenoxy) is 1. The van der Waals surface area contributed by atoms with Crippen LogP contribution in [0.3, 0.4) is 0 Å². The Morgan fingerprint density at radius 2 is 2.11 bits per heavy atom. The van der Waals surface area contributed by atoms with Crippen LogP contribution in [0.1, 0.15) is 37.3 Å². The Morgan fingerprint density at radius 3 is 2.85 bits per heavy atom. The molecule has 1 atom stereocenters. The second kappa shape index (κ2) is 9.47. The van der Waals surface area contributed by atoms with Gasteiger partial charge in [-0.1, -0.05) is 48.6 Å². The van der Waals surface area contributed by atoms with Crippen LogP contribution in [-0.4, -0.2) is 35.5 Å². The van der Waals surface area contributed by atoms with Gasteiger partial charge in [0.2, 0.25) is 0 Å². The Kier molecular flexibility index (Phi) is 6.77. The standard InChI is InChI=1S/C23H28N2O2/c1-2-27-22(26)23(13-6-11-20-9-4-3-5-10-20)14-8-16-25(19-23)18-21-12-7-15-24-17-21/h3-7,9-12,15,17H,2,8,13-14,16,18-19H2,1H3/b11-6+/t23-/m1/s1. The van der Waals surface area contributed by atoms with Crippen LogP contribution >= 0.6 is 0 Å². The lowest BCUT2D eigenvalue weighted by molar-refractivity contribution is -0.159. The van der Waals surface area contributed by atoms with Crippen molar-refractivity contribution >= 4 is 12.0 Å². The maximum Gasteiger partial charge on any atom is 0.313 e. The van der Waals surface area contributed by atoms with Gasteiger partial charge in [-0.2, -0.15) is 0 Å². The molecule has 1 aliphatic rings.